The number of nitrogens with one attached hydrogen (secondary N) is 1. The minimum atomic E-state index is -0.876. The minimum Gasteiger partial charge on any atom is -0.489 e. The molecule has 0 saturated carbocycles. The van der Waals surface area contributed by atoms with E-state index < -0.39 is 11.9 Å². The molecule has 0 aromatic heterocycles. The summed E-state index contributed by atoms with van der Waals surface area (Å²) in [6.07, 6.45) is 1.48. The van der Waals surface area contributed by atoms with Gasteiger partial charge in [0.2, 0.25) is 0 Å². The molecule has 1 aliphatic rings. The van der Waals surface area contributed by atoms with Gasteiger partial charge in [0.25, 0.3) is 0 Å². The molecule has 0 radical (unpaired) electrons. The van der Waals surface area contributed by atoms with E-state index in [1.165, 1.54) is 0 Å². The molecule has 7 nitrogen and oxygen atoms in total. The molecule has 0 amide bonds. The summed E-state index contributed by atoms with van der Waals surface area (Å²) in [5.41, 5.74) is 7.93. The Morgan fingerprint density at radius 1 is 1.13 bits per heavy atom. The Bertz CT molecular complexity index is 1110. The summed E-state index contributed by atoms with van der Waals surface area (Å²) in [6.45, 7) is 1.79. The van der Waals surface area contributed by atoms with Gasteiger partial charge >= 0.3 is 5.97 Å². The highest BCUT2D eigenvalue weighted by molar-refractivity contribution is 6.00. The quantitative estimate of drug-likeness (QED) is 0.202. The van der Waals surface area contributed by atoms with Gasteiger partial charge in [-0.05, 0) is 59.5 Å². The number of rotatable bonds is 7. The number of hydrogen-bond donors (Lipinski definition) is 4. The van der Waals surface area contributed by atoms with Gasteiger partial charge in [-0.25, -0.2) is 0 Å². The van der Waals surface area contributed by atoms with Gasteiger partial charge in [0.05, 0.1) is 5.92 Å². The van der Waals surface area contributed by atoms with Gasteiger partial charge in [-0.15, -0.1) is 0 Å². The van der Waals surface area contributed by atoms with Gasteiger partial charge in [0.1, 0.15) is 11.9 Å². The van der Waals surface area contributed by atoms with E-state index >= 15 is 0 Å². The van der Waals surface area contributed by atoms with Crippen LogP contribution in [-0.4, -0.2) is 41.3 Å². The van der Waals surface area contributed by atoms with Crippen LogP contribution in [0.1, 0.15) is 29.0 Å². The number of carboxylic acids is 1. The van der Waals surface area contributed by atoms with E-state index in [0.717, 1.165) is 47.2 Å². The van der Waals surface area contributed by atoms with Crippen molar-refractivity contribution in [2.45, 2.75) is 24.9 Å². The number of aliphatic carboxylic acids is 1. The monoisotopic (exact) mass is 419 g/mol. The van der Waals surface area contributed by atoms with Gasteiger partial charge in [-0.3, -0.25) is 4.79 Å². The maximum atomic E-state index is 12.0. The first-order valence-corrected chi connectivity index (χ1v) is 10.2. The molecule has 160 valence electrons. The van der Waals surface area contributed by atoms with Crippen molar-refractivity contribution >= 4 is 22.6 Å². The fourth-order valence-electron chi connectivity index (χ4n) is 3.92. The van der Waals surface area contributed by atoms with Crippen LogP contribution in [-0.2, 0) is 11.2 Å². The van der Waals surface area contributed by atoms with Crippen molar-refractivity contribution in [3.8, 4) is 5.75 Å². The number of hydrogen-bond acceptors (Lipinski definition) is 5. The van der Waals surface area contributed by atoms with Crippen molar-refractivity contribution in [2.24, 2.45) is 10.9 Å². The Hall–Kier alpha value is -3.58. The molecule has 1 aliphatic heterocycles. The van der Waals surface area contributed by atoms with E-state index in [4.69, 9.17) is 15.7 Å². The SMILES string of the molecule is NC(=NO)c1ccc2ccc(C[C@H](C(=O)O)c3ccc(O[C@H]4CCNC4)cc3)cc2c1. The largest absolute Gasteiger partial charge is 0.489 e. The van der Waals surface area contributed by atoms with Crippen LogP contribution < -0.4 is 15.8 Å². The van der Waals surface area contributed by atoms with E-state index in [1.54, 1.807) is 6.07 Å². The third-order valence-electron chi connectivity index (χ3n) is 5.65. The predicted octanol–water partition coefficient (Wildman–Crippen LogP) is 3.09. The lowest BCUT2D eigenvalue weighted by Crippen LogP contribution is -2.19. The van der Waals surface area contributed by atoms with E-state index in [-0.39, 0.29) is 11.9 Å². The van der Waals surface area contributed by atoms with Crippen molar-refractivity contribution in [3.63, 3.8) is 0 Å². The lowest BCUT2D eigenvalue weighted by Gasteiger charge is -2.16. The maximum Gasteiger partial charge on any atom is 0.311 e. The van der Waals surface area contributed by atoms with E-state index in [0.29, 0.717) is 12.0 Å². The molecule has 1 saturated heterocycles. The fraction of sp³-hybridized carbons (Fsp3) is 0.250. The van der Waals surface area contributed by atoms with Gasteiger partial charge in [0, 0.05) is 12.1 Å². The lowest BCUT2D eigenvalue weighted by molar-refractivity contribution is -0.138. The third-order valence-corrected chi connectivity index (χ3v) is 5.65. The topological polar surface area (TPSA) is 117 Å². The smallest absolute Gasteiger partial charge is 0.311 e. The fourth-order valence-corrected chi connectivity index (χ4v) is 3.92. The average Bonchev–Trinajstić information content (AvgIpc) is 3.30. The van der Waals surface area contributed by atoms with Gasteiger partial charge < -0.3 is 26.1 Å². The lowest BCUT2D eigenvalue weighted by atomic mass is 9.91. The molecule has 31 heavy (non-hydrogen) atoms. The number of amidine groups is 1. The number of fused-ring (bicyclic) bond motifs is 1. The molecular weight excluding hydrogens is 394 g/mol. The Labute approximate surface area is 180 Å². The van der Waals surface area contributed by atoms with Crippen LogP contribution in [0.25, 0.3) is 10.8 Å². The first-order valence-electron chi connectivity index (χ1n) is 10.2. The van der Waals surface area contributed by atoms with Crippen molar-refractivity contribution in [1.82, 2.24) is 5.32 Å². The molecular formula is C24H25N3O4. The molecule has 5 N–H and O–H groups in total. The predicted molar refractivity (Wildman–Crippen MR) is 119 cm³/mol. The van der Waals surface area contributed by atoms with E-state index in [1.807, 2.05) is 54.6 Å². The van der Waals surface area contributed by atoms with Crippen molar-refractivity contribution in [3.05, 3.63) is 77.4 Å². The van der Waals surface area contributed by atoms with Gasteiger partial charge in [0.15, 0.2) is 5.84 Å². The van der Waals surface area contributed by atoms with Crippen molar-refractivity contribution in [1.29, 1.82) is 0 Å². The summed E-state index contributed by atoms with van der Waals surface area (Å²) >= 11 is 0. The van der Waals surface area contributed by atoms with Crippen LogP contribution in [0.4, 0.5) is 0 Å². The van der Waals surface area contributed by atoms with E-state index in [2.05, 4.69) is 10.5 Å². The minimum absolute atomic E-state index is 0.0337. The molecule has 0 unspecified atom stereocenters. The summed E-state index contributed by atoms with van der Waals surface area (Å²) in [5, 5.41) is 27.0. The number of carboxylic acid groups (broad SMARTS) is 1. The summed E-state index contributed by atoms with van der Waals surface area (Å²) in [4.78, 5) is 12.0. The zero-order valence-electron chi connectivity index (χ0n) is 17.0. The Kier molecular flexibility index (Phi) is 6.04. The molecule has 3 aromatic rings. The highest BCUT2D eigenvalue weighted by Gasteiger charge is 2.21. The number of carbonyl (C=O) groups is 1. The summed E-state index contributed by atoms with van der Waals surface area (Å²) in [7, 11) is 0. The van der Waals surface area contributed by atoms with Crippen LogP contribution >= 0.6 is 0 Å². The zero-order chi connectivity index (χ0) is 21.8. The van der Waals surface area contributed by atoms with Crippen LogP contribution in [0, 0.1) is 0 Å². The second-order valence-electron chi connectivity index (χ2n) is 7.78. The van der Waals surface area contributed by atoms with Crippen LogP contribution in [0.2, 0.25) is 0 Å². The zero-order valence-corrected chi connectivity index (χ0v) is 17.0. The highest BCUT2D eigenvalue weighted by atomic mass is 16.5. The molecule has 0 bridgehead atoms. The first-order chi connectivity index (χ1) is 15.0. The molecule has 1 heterocycles. The Morgan fingerprint density at radius 3 is 2.58 bits per heavy atom. The van der Waals surface area contributed by atoms with Crippen LogP contribution in [0.15, 0.2) is 65.8 Å². The van der Waals surface area contributed by atoms with Gasteiger partial charge in [-0.2, -0.15) is 0 Å². The van der Waals surface area contributed by atoms with Crippen molar-refractivity contribution < 1.29 is 19.8 Å². The summed E-state index contributed by atoms with van der Waals surface area (Å²) in [5.74, 6) is -0.763. The molecule has 7 heteroatoms. The third kappa shape index (κ3) is 4.78. The molecule has 0 spiro atoms. The number of ether oxygens (including phenoxy) is 1. The standard InChI is InChI=1S/C24H25N3O4/c25-23(27-30)18-4-3-16-2-1-15(11-19(16)13-18)12-22(24(28)29)17-5-7-20(8-6-17)31-21-9-10-26-14-21/h1-8,11,13,21-22,26,30H,9-10,12,14H2,(H2,25,27)(H,28,29)/t21-,22-/m0/s1. The first kappa shape index (κ1) is 20.7. The van der Waals surface area contributed by atoms with E-state index in [9.17, 15) is 9.90 Å². The normalized spacial score (nSPS) is 17.5. The van der Waals surface area contributed by atoms with Crippen LogP contribution in [0.5, 0.6) is 5.75 Å². The number of benzene rings is 3. The molecule has 1 fully saturated rings. The Balaban J connectivity index is 1.54. The molecule has 2 atom stereocenters. The van der Waals surface area contributed by atoms with Gasteiger partial charge in [-0.1, -0.05) is 47.6 Å². The maximum absolute atomic E-state index is 12.0. The van der Waals surface area contributed by atoms with Crippen molar-refractivity contribution in [2.75, 3.05) is 13.1 Å². The molecule has 3 aromatic carbocycles. The summed E-state index contributed by atoms with van der Waals surface area (Å²) in [6, 6.07) is 18.7. The molecule has 0 aliphatic carbocycles. The second-order valence-corrected chi connectivity index (χ2v) is 7.78. The van der Waals surface area contributed by atoms with Crippen LogP contribution in [0.3, 0.4) is 0 Å². The highest BCUT2D eigenvalue weighted by Crippen LogP contribution is 2.27. The summed E-state index contributed by atoms with van der Waals surface area (Å²) < 4.78 is 5.93. The number of nitrogens with two attached hydrogens (primary N) is 1. The Morgan fingerprint density at radius 2 is 1.90 bits per heavy atom. The average molecular weight is 419 g/mol. The molecule has 4 rings (SSSR count). The number of oxime groups is 1. The second kappa shape index (κ2) is 9.06. The number of nitrogens with zero attached hydrogens (tertiary/aromatic N) is 1.